The minimum absolute atomic E-state index is 0.208. The second-order valence-electron chi connectivity index (χ2n) is 3.54. The van der Waals surface area contributed by atoms with E-state index in [-0.39, 0.29) is 11.5 Å². The predicted molar refractivity (Wildman–Crippen MR) is 70.2 cm³/mol. The van der Waals surface area contributed by atoms with Gasteiger partial charge in [0.25, 0.3) is 0 Å². The van der Waals surface area contributed by atoms with Gasteiger partial charge in [0, 0.05) is 23.3 Å². The highest BCUT2D eigenvalue weighted by atomic mass is 79.9. The van der Waals surface area contributed by atoms with E-state index in [1.807, 2.05) is 24.3 Å². The van der Waals surface area contributed by atoms with Crippen molar-refractivity contribution in [1.82, 2.24) is 5.32 Å². The third-order valence-corrected chi connectivity index (χ3v) is 4.51. The van der Waals surface area contributed by atoms with Gasteiger partial charge in [0.05, 0.1) is 5.75 Å². The molecule has 0 aliphatic heterocycles. The van der Waals surface area contributed by atoms with Crippen LogP contribution < -0.4 is 5.32 Å². The quantitative estimate of drug-likeness (QED) is 0.818. The molecule has 0 amide bonds. The van der Waals surface area contributed by atoms with Gasteiger partial charge in [-0.2, -0.15) is 0 Å². The van der Waals surface area contributed by atoms with Gasteiger partial charge in [0.2, 0.25) is 0 Å². The predicted octanol–water partition coefficient (Wildman–Crippen LogP) is 1.97. The largest absolute Gasteiger partial charge is 0.312 e. The average molecular weight is 306 g/mol. The normalized spacial score (nSPS) is 11.6. The number of hydrogen-bond acceptors (Lipinski definition) is 3. The summed E-state index contributed by atoms with van der Waals surface area (Å²) in [5.41, 5.74) is 1.15. The number of rotatable bonds is 6. The molecule has 0 spiro atoms. The maximum atomic E-state index is 11.2. The molecule has 0 fully saturated rings. The van der Waals surface area contributed by atoms with Gasteiger partial charge in [-0.1, -0.05) is 35.0 Å². The summed E-state index contributed by atoms with van der Waals surface area (Å²) < 4.78 is 23.5. The fraction of sp³-hybridized carbons (Fsp3) is 0.455. The fourth-order valence-electron chi connectivity index (χ4n) is 1.21. The van der Waals surface area contributed by atoms with Crippen molar-refractivity contribution in [2.75, 3.05) is 18.1 Å². The molecule has 0 aromatic heterocycles. The van der Waals surface area contributed by atoms with Gasteiger partial charge in [-0.15, -0.1) is 0 Å². The molecular weight excluding hydrogens is 290 g/mol. The Hall–Kier alpha value is -0.390. The summed E-state index contributed by atoms with van der Waals surface area (Å²) in [5, 5.41) is 3.12. The summed E-state index contributed by atoms with van der Waals surface area (Å²) in [4.78, 5) is 0. The third-order valence-electron chi connectivity index (χ3n) is 2.27. The number of nitrogens with one attached hydrogen (secondary N) is 1. The van der Waals surface area contributed by atoms with Crippen LogP contribution in [0.5, 0.6) is 0 Å². The average Bonchev–Trinajstić information content (AvgIpc) is 2.27. The van der Waals surface area contributed by atoms with E-state index >= 15 is 0 Å². The molecule has 1 N–H and O–H groups in total. The van der Waals surface area contributed by atoms with Crippen LogP contribution in [0, 0.1) is 0 Å². The van der Waals surface area contributed by atoms with Crippen LogP contribution in [0.1, 0.15) is 12.5 Å². The molecule has 0 unspecified atom stereocenters. The van der Waals surface area contributed by atoms with E-state index in [9.17, 15) is 8.42 Å². The number of benzene rings is 1. The standard InChI is InChI=1S/C11H16BrNO2S/c1-2-16(14,15)8-7-13-9-10-3-5-11(12)6-4-10/h3-6,13H,2,7-9H2,1H3. The Morgan fingerprint density at radius 3 is 2.44 bits per heavy atom. The molecule has 1 aromatic rings. The first-order valence-corrected chi connectivity index (χ1v) is 7.80. The van der Waals surface area contributed by atoms with E-state index in [4.69, 9.17) is 0 Å². The zero-order chi connectivity index (χ0) is 12.0. The van der Waals surface area contributed by atoms with Crippen LogP contribution >= 0.6 is 15.9 Å². The van der Waals surface area contributed by atoms with Gasteiger partial charge in [0.1, 0.15) is 0 Å². The summed E-state index contributed by atoms with van der Waals surface area (Å²) in [6.45, 7) is 2.88. The minimum Gasteiger partial charge on any atom is -0.312 e. The van der Waals surface area contributed by atoms with E-state index in [1.54, 1.807) is 6.92 Å². The highest BCUT2D eigenvalue weighted by Gasteiger charge is 2.05. The molecular formula is C11H16BrNO2S. The zero-order valence-electron chi connectivity index (χ0n) is 9.24. The molecule has 90 valence electrons. The first kappa shape index (κ1) is 13.7. The molecule has 16 heavy (non-hydrogen) atoms. The van der Waals surface area contributed by atoms with Gasteiger partial charge < -0.3 is 5.32 Å². The van der Waals surface area contributed by atoms with Crippen LogP contribution in [-0.2, 0) is 16.4 Å². The summed E-state index contributed by atoms with van der Waals surface area (Å²) in [5.74, 6) is 0.424. The van der Waals surface area contributed by atoms with Gasteiger partial charge in [-0.3, -0.25) is 0 Å². The lowest BCUT2D eigenvalue weighted by Gasteiger charge is -2.05. The zero-order valence-corrected chi connectivity index (χ0v) is 11.6. The van der Waals surface area contributed by atoms with Crippen molar-refractivity contribution in [2.45, 2.75) is 13.5 Å². The van der Waals surface area contributed by atoms with Crippen molar-refractivity contribution >= 4 is 25.8 Å². The lowest BCUT2D eigenvalue weighted by Crippen LogP contribution is -2.23. The SMILES string of the molecule is CCS(=O)(=O)CCNCc1ccc(Br)cc1. The Balaban J connectivity index is 2.29. The molecule has 1 aromatic carbocycles. The van der Waals surface area contributed by atoms with Crippen molar-refractivity contribution in [3.05, 3.63) is 34.3 Å². The summed E-state index contributed by atoms with van der Waals surface area (Å²) in [7, 11) is -2.85. The van der Waals surface area contributed by atoms with E-state index in [2.05, 4.69) is 21.2 Å². The molecule has 0 atom stereocenters. The van der Waals surface area contributed by atoms with Crippen molar-refractivity contribution in [2.24, 2.45) is 0 Å². The molecule has 0 saturated carbocycles. The van der Waals surface area contributed by atoms with Crippen LogP contribution in [0.3, 0.4) is 0 Å². The Labute approximate surface area is 105 Å². The molecule has 5 heteroatoms. The first-order chi connectivity index (χ1) is 7.53. The Morgan fingerprint density at radius 2 is 1.88 bits per heavy atom. The second-order valence-corrected chi connectivity index (χ2v) is 6.93. The summed E-state index contributed by atoms with van der Waals surface area (Å²) >= 11 is 3.36. The Kier molecular flexibility index (Phi) is 5.44. The topological polar surface area (TPSA) is 46.2 Å². The van der Waals surface area contributed by atoms with E-state index in [0.29, 0.717) is 13.1 Å². The molecule has 0 bridgehead atoms. The Bertz CT molecular complexity index is 414. The van der Waals surface area contributed by atoms with Crippen LogP contribution in [0.2, 0.25) is 0 Å². The molecule has 0 saturated heterocycles. The smallest absolute Gasteiger partial charge is 0.151 e. The fourth-order valence-corrected chi connectivity index (χ4v) is 2.22. The third kappa shape index (κ3) is 5.09. The van der Waals surface area contributed by atoms with Crippen LogP contribution in [0.25, 0.3) is 0 Å². The van der Waals surface area contributed by atoms with Gasteiger partial charge >= 0.3 is 0 Å². The van der Waals surface area contributed by atoms with Crippen molar-refractivity contribution < 1.29 is 8.42 Å². The first-order valence-electron chi connectivity index (χ1n) is 5.19. The monoisotopic (exact) mass is 305 g/mol. The Morgan fingerprint density at radius 1 is 1.25 bits per heavy atom. The number of hydrogen-bond donors (Lipinski definition) is 1. The van der Waals surface area contributed by atoms with Crippen LogP contribution in [0.4, 0.5) is 0 Å². The maximum Gasteiger partial charge on any atom is 0.151 e. The molecule has 0 aliphatic carbocycles. The molecule has 1 rings (SSSR count). The van der Waals surface area contributed by atoms with Gasteiger partial charge in [-0.05, 0) is 17.7 Å². The molecule has 3 nitrogen and oxygen atoms in total. The molecule has 0 aliphatic rings. The number of halogens is 1. The van der Waals surface area contributed by atoms with Crippen molar-refractivity contribution in [1.29, 1.82) is 0 Å². The number of sulfone groups is 1. The lowest BCUT2D eigenvalue weighted by atomic mass is 10.2. The van der Waals surface area contributed by atoms with Crippen molar-refractivity contribution in [3.8, 4) is 0 Å². The molecule has 0 radical (unpaired) electrons. The van der Waals surface area contributed by atoms with E-state index in [0.717, 1.165) is 10.0 Å². The maximum absolute atomic E-state index is 11.2. The molecule has 0 heterocycles. The van der Waals surface area contributed by atoms with Gasteiger partial charge in [0.15, 0.2) is 9.84 Å². The van der Waals surface area contributed by atoms with E-state index < -0.39 is 9.84 Å². The van der Waals surface area contributed by atoms with Crippen LogP contribution in [0.15, 0.2) is 28.7 Å². The van der Waals surface area contributed by atoms with Crippen LogP contribution in [-0.4, -0.2) is 26.5 Å². The second kappa shape index (κ2) is 6.37. The van der Waals surface area contributed by atoms with Gasteiger partial charge in [-0.25, -0.2) is 8.42 Å². The highest BCUT2D eigenvalue weighted by Crippen LogP contribution is 2.09. The van der Waals surface area contributed by atoms with E-state index in [1.165, 1.54) is 0 Å². The summed E-state index contributed by atoms with van der Waals surface area (Å²) in [6.07, 6.45) is 0. The summed E-state index contributed by atoms with van der Waals surface area (Å²) in [6, 6.07) is 7.95. The highest BCUT2D eigenvalue weighted by molar-refractivity contribution is 9.10. The lowest BCUT2D eigenvalue weighted by molar-refractivity contribution is 0.592. The minimum atomic E-state index is -2.85. The van der Waals surface area contributed by atoms with Crippen molar-refractivity contribution in [3.63, 3.8) is 0 Å².